The highest BCUT2D eigenvalue weighted by Gasteiger charge is 2.34. The molecule has 4 heteroatoms. The maximum Gasteiger partial charge on any atom is 0.426 e. The number of hydrogen-bond acceptors (Lipinski definition) is 2. The van der Waals surface area contributed by atoms with Crippen LogP contribution in [0.3, 0.4) is 0 Å². The number of benzene rings is 2. The Morgan fingerprint density at radius 1 is 1.05 bits per heavy atom. The van der Waals surface area contributed by atoms with E-state index < -0.39 is 6.11 Å². The Labute approximate surface area is 122 Å². The van der Waals surface area contributed by atoms with Gasteiger partial charge in [0.15, 0.2) is 0 Å². The minimum absolute atomic E-state index is 0.0247. The largest absolute Gasteiger partial charge is 0.429 e. The van der Waals surface area contributed by atoms with E-state index in [2.05, 4.69) is 0 Å². The van der Waals surface area contributed by atoms with Gasteiger partial charge in [-0.15, -0.1) is 0 Å². The molecule has 0 radical (unpaired) electrons. The molecule has 2 nitrogen and oxygen atoms in total. The van der Waals surface area contributed by atoms with E-state index >= 15 is 0 Å². The van der Waals surface area contributed by atoms with Gasteiger partial charge in [-0.05, 0) is 48.4 Å². The fraction of sp³-hybridized carbons (Fsp3) is 0.235. The SMILES string of the molecule is CCCc1ccc(C(F)(F)Oc2ccc(C#N)cc2)cc1. The Balaban J connectivity index is 2.14. The van der Waals surface area contributed by atoms with Crippen molar-refractivity contribution in [1.29, 1.82) is 5.26 Å². The first-order chi connectivity index (χ1) is 10.0. The molecule has 2 rings (SSSR count). The molecule has 0 heterocycles. The van der Waals surface area contributed by atoms with Crippen LogP contribution in [0, 0.1) is 11.3 Å². The topological polar surface area (TPSA) is 33.0 Å². The maximum absolute atomic E-state index is 14.1. The van der Waals surface area contributed by atoms with E-state index in [0.29, 0.717) is 5.56 Å². The Morgan fingerprint density at radius 3 is 2.19 bits per heavy atom. The highest BCUT2D eigenvalue weighted by Crippen LogP contribution is 2.31. The van der Waals surface area contributed by atoms with Gasteiger partial charge in [-0.25, -0.2) is 0 Å². The van der Waals surface area contributed by atoms with Crippen molar-refractivity contribution in [2.24, 2.45) is 0 Å². The predicted octanol–water partition coefficient (Wildman–Crippen LogP) is 4.64. The van der Waals surface area contributed by atoms with Crippen LogP contribution in [-0.4, -0.2) is 0 Å². The van der Waals surface area contributed by atoms with Crippen LogP contribution in [0.1, 0.15) is 30.0 Å². The number of rotatable bonds is 5. The average molecular weight is 287 g/mol. The molecule has 0 spiro atoms. The number of nitrogens with zero attached hydrogens (tertiary/aromatic N) is 1. The van der Waals surface area contributed by atoms with Crippen LogP contribution < -0.4 is 4.74 Å². The Hall–Kier alpha value is -2.41. The van der Waals surface area contributed by atoms with Crippen LogP contribution in [0.2, 0.25) is 0 Å². The Morgan fingerprint density at radius 2 is 1.67 bits per heavy atom. The smallest absolute Gasteiger partial charge is 0.426 e. The molecule has 0 aliphatic heterocycles. The summed E-state index contributed by atoms with van der Waals surface area (Å²) < 4.78 is 32.9. The number of nitriles is 1. The molecule has 0 fully saturated rings. The van der Waals surface area contributed by atoms with Crippen molar-refractivity contribution in [2.45, 2.75) is 25.9 Å². The molecule has 2 aromatic rings. The molecule has 0 aliphatic carbocycles. The van der Waals surface area contributed by atoms with Gasteiger partial charge in [-0.1, -0.05) is 25.5 Å². The summed E-state index contributed by atoms with van der Waals surface area (Å²) in [6.07, 6.45) is -1.57. The summed E-state index contributed by atoms with van der Waals surface area (Å²) in [5.41, 5.74) is 1.23. The van der Waals surface area contributed by atoms with Crippen LogP contribution in [-0.2, 0) is 12.5 Å². The lowest BCUT2D eigenvalue weighted by molar-refractivity contribution is -0.185. The molecular weight excluding hydrogens is 272 g/mol. The van der Waals surface area contributed by atoms with E-state index in [4.69, 9.17) is 10.00 Å². The first kappa shape index (κ1) is 15.0. The first-order valence-electron chi connectivity index (χ1n) is 6.71. The maximum atomic E-state index is 14.1. The van der Waals surface area contributed by atoms with Gasteiger partial charge >= 0.3 is 6.11 Å². The Kier molecular flexibility index (Phi) is 4.54. The summed E-state index contributed by atoms with van der Waals surface area (Å²) in [4.78, 5) is 0. The molecule has 0 saturated heterocycles. The molecule has 0 atom stereocenters. The fourth-order valence-electron chi connectivity index (χ4n) is 1.96. The molecule has 0 amide bonds. The van der Waals surface area contributed by atoms with Crippen molar-refractivity contribution < 1.29 is 13.5 Å². The number of ether oxygens (including phenoxy) is 1. The van der Waals surface area contributed by atoms with Gasteiger partial charge in [0.05, 0.1) is 17.2 Å². The number of aryl methyl sites for hydroxylation is 1. The monoisotopic (exact) mass is 287 g/mol. The summed E-state index contributed by atoms with van der Waals surface area (Å²) in [6.45, 7) is 2.04. The molecule has 0 saturated carbocycles. The van der Waals surface area contributed by atoms with E-state index in [1.807, 2.05) is 13.0 Å². The molecule has 0 bridgehead atoms. The second kappa shape index (κ2) is 6.36. The quantitative estimate of drug-likeness (QED) is 0.802. The van der Waals surface area contributed by atoms with Gasteiger partial charge in [0.1, 0.15) is 5.75 Å². The molecule has 21 heavy (non-hydrogen) atoms. The highest BCUT2D eigenvalue weighted by molar-refractivity contribution is 5.35. The van der Waals surface area contributed by atoms with E-state index in [1.54, 1.807) is 12.1 Å². The molecule has 0 aromatic heterocycles. The van der Waals surface area contributed by atoms with Gasteiger partial charge in [-0.3, -0.25) is 0 Å². The average Bonchev–Trinajstić information content (AvgIpc) is 2.48. The fourth-order valence-corrected chi connectivity index (χ4v) is 1.96. The van der Waals surface area contributed by atoms with Crippen LogP contribution in [0.15, 0.2) is 48.5 Å². The summed E-state index contributed by atoms with van der Waals surface area (Å²) in [6, 6.07) is 13.7. The van der Waals surface area contributed by atoms with Crippen molar-refractivity contribution in [2.75, 3.05) is 0 Å². The lowest BCUT2D eigenvalue weighted by atomic mass is 10.1. The third-order valence-electron chi connectivity index (χ3n) is 3.06. The minimum atomic E-state index is -3.40. The third kappa shape index (κ3) is 3.79. The summed E-state index contributed by atoms with van der Waals surface area (Å²) >= 11 is 0. The third-order valence-corrected chi connectivity index (χ3v) is 3.06. The molecule has 2 aromatic carbocycles. The van der Waals surface area contributed by atoms with Gasteiger partial charge in [0, 0.05) is 0 Å². The molecule has 108 valence electrons. The van der Waals surface area contributed by atoms with Crippen molar-refractivity contribution in [3.8, 4) is 11.8 Å². The van der Waals surface area contributed by atoms with Gasteiger partial charge in [-0.2, -0.15) is 14.0 Å². The molecular formula is C17H15F2NO. The zero-order valence-electron chi connectivity index (χ0n) is 11.6. The van der Waals surface area contributed by atoms with Gasteiger partial charge in [0.2, 0.25) is 0 Å². The van der Waals surface area contributed by atoms with Crippen LogP contribution in [0.25, 0.3) is 0 Å². The predicted molar refractivity (Wildman–Crippen MR) is 76.1 cm³/mol. The standard InChI is InChI=1S/C17H15F2NO/c1-2-3-13-4-8-15(9-5-13)17(18,19)21-16-10-6-14(12-20)7-11-16/h4-11H,2-3H2,1H3. The van der Waals surface area contributed by atoms with E-state index in [-0.39, 0.29) is 11.3 Å². The van der Waals surface area contributed by atoms with Crippen LogP contribution in [0.5, 0.6) is 5.75 Å². The summed E-state index contributed by atoms with van der Waals surface area (Å²) in [7, 11) is 0. The summed E-state index contributed by atoms with van der Waals surface area (Å²) in [5.74, 6) is 0.0247. The minimum Gasteiger partial charge on any atom is -0.429 e. The lowest BCUT2D eigenvalue weighted by Gasteiger charge is -2.18. The second-order valence-corrected chi connectivity index (χ2v) is 4.70. The van der Waals surface area contributed by atoms with Crippen molar-refractivity contribution >= 4 is 0 Å². The molecule has 0 unspecified atom stereocenters. The normalized spacial score (nSPS) is 11.0. The van der Waals surface area contributed by atoms with Gasteiger partial charge < -0.3 is 4.74 Å². The number of hydrogen-bond donors (Lipinski definition) is 0. The molecule has 0 aliphatic rings. The second-order valence-electron chi connectivity index (χ2n) is 4.70. The van der Waals surface area contributed by atoms with Crippen LogP contribution in [0.4, 0.5) is 8.78 Å². The highest BCUT2D eigenvalue weighted by atomic mass is 19.3. The molecule has 0 N–H and O–H groups in total. The summed E-state index contributed by atoms with van der Waals surface area (Å²) in [5, 5.41) is 8.67. The zero-order valence-corrected chi connectivity index (χ0v) is 11.6. The van der Waals surface area contributed by atoms with Gasteiger partial charge in [0.25, 0.3) is 0 Å². The van der Waals surface area contributed by atoms with Crippen molar-refractivity contribution in [3.63, 3.8) is 0 Å². The van der Waals surface area contributed by atoms with E-state index in [0.717, 1.165) is 18.4 Å². The number of alkyl halides is 2. The van der Waals surface area contributed by atoms with Crippen molar-refractivity contribution in [3.05, 3.63) is 65.2 Å². The van der Waals surface area contributed by atoms with E-state index in [1.165, 1.54) is 36.4 Å². The first-order valence-corrected chi connectivity index (χ1v) is 6.71. The van der Waals surface area contributed by atoms with Crippen molar-refractivity contribution in [1.82, 2.24) is 0 Å². The Bertz CT molecular complexity index is 627. The van der Waals surface area contributed by atoms with Crippen LogP contribution >= 0.6 is 0 Å². The van der Waals surface area contributed by atoms with E-state index in [9.17, 15) is 8.78 Å². The lowest BCUT2D eigenvalue weighted by Crippen LogP contribution is -2.21. The zero-order chi connectivity index (χ0) is 15.3. The number of halogens is 2.